The molecule has 0 radical (unpaired) electrons. The third-order valence-electron chi connectivity index (χ3n) is 1.46. The van der Waals surface area contributed by atoms with Crippen LogP contribution in [0.3, 0.4) is 0 Å². The summed E-state index contributed by atoms with van der Waals surface area (Å²) in [5.41, 5.74) is 1.13. The molecular formula is C8H8INO2. The molecule has 1 aromatic heterocycles. The molecule has 4 heteroatoms. The Kier molecular flexibility index (Phi) is 3.02. The van der Waals surface area contributed by atoms with Gasteiger partial charge in [0.1, 0.15) is 3.70 Å². The summed E-state index contributed by atoms with van der Waals surface area (Å²) in [4.78, 5) is 14.7. The number of hydrogen-bond donors (Lipinski definition) is 1. The highest BCUT2D eigenvalue weighted by Crippen LogP contribution is 2.08. The highest BCUT2D eigenvalue weighted by molar-refractivity contribution is 14.1. The number of carboxylic acids is 1. The minimum absolute atomic E-state index is 0.311. The molecule has 0 fully saturated rings. The zero-order valence-electron chi connectivity index (χ0n) is 6.54. The lowest BCUT2D eigenvalue weighted by molar-refractivity contribution is 0.0696. The molecule has 0 saturated heterocycles. The number of carbonyl (C=O) groups is 1. The maximum absolute atomic E-state index is 10.6. The third kappa shape index (κ3) is 2.17. The van der Waals surface area contributed by atoms with Gasteiger partial charge in [-0.1, -0.05) is 6.92 Å². The first-order valence-electron chi connectivity index (χ1n) is 3.53. The van der Waals surface area contributed by atoms with Gasteiger partial charge in [0, 0.05) is 5.69 Å². The molecule has 0 bridgehead atoms. The monoisotopic (exact) mass is 277 g/mol. The normalized spacial score (nSPS) is 9.83. The van der Waals surface area contributed by atoms with Crippen molar-refractivity contribution in [1.82, 2.24) is 4.98 Å². The van der Waals surface area contributed by atoms with Crippen LogP contribution in [0.2, 0.25) is 0 Å². The summed E-state index contributed by atoms with van der Waals surface area (Å²) in [6.07, 6.45) is 0.761. The van der Waals surface area contributed by atoms with Crippen molar-refractivity contribution in [2.45, 2.75) is 13.3 Å². The molecular weight excluding hydrogens is 269 g/mol. The van der Waals surface area contributed by atoms with Crippen molar-refractivity contribution in [1.29, 1.82) is 0 Å². The van der Waals surface area contributed by atoms with Gasteiger partial charge in [-0.2, -0.15) is 0 Å². The van der Waals surface area contributed by atoms with Crippen LogP contribution in [0.4, 0.5) is 0 Å². The van der Waals surface area contributed by atoms with Crippen LogP contribution in [0.1, 0.15) is 23.0 Å². The predicted octanol–water partition coefficient (Wildman–Crippen LogP) is 1.95. The van der Waals surface area contributed by atoms with Crippen LogP contribution in [0, 0.1) is 3.70 Å². The fourth-order valence-electron chi connectivity index (χ4n) is 0.856. The van der Waals surface area contributed by atoms with Crippen LogP contribution >= 0.6 is 22.6 Å². The standard InChI is InChI=1S/C8H8INO2/c1-2-6-3-5(8(11)12)4-7(9)10-6/h3-4H,2H2,1H3,(H,11,12). The minimum atomic E-state index is -0.898. The second-order valence-corrected chi connectivity index (χ2v) is 3.43. The van der Waals surface area contributed by atoms with E-state index >= 15 is 0 Å². The average molecular weight is 277 g/mol. The van der Waals surface area contributed by atoms with Gasteiger partial charge in [-0.05, 0) is 41.1 Å². The van der Waals surface area contributed by atoms with E-state index in [1.807, 2.05) is 29.5 Å². The van der Waals surface area contributed by atoms with Gasteiger partial charge in [-0.25, -0.2) is 9.78 Å². The van der Waals surface area contributed by atoms with Crippen molar-refractivity contribution >= 4 is 28.6 Å². The molecule has 0 amide bonds. The number of carboxylic acid groups (broad SMARTS) is 1. The number of nitrogens with zero attached hydrogens (tertiary/aromatic N) is 1. The summed E-state index contributed by atoms with van der Waals surface area (Å²) in [7, 11) is 0. The van der Waals surface area contributed by atoms with Crippen LogP contribution in [-0.2, 0) is 6.42 Å². The SMILES string of the molecule is CCc1cc(C(=O)O)cc(I)n1. The van der Waals surface area contributed by atoms with E-state index in [-0.39, 0.29) is 0 Å². The van der Waals surface area contributed by atoms with Crippen LogP contribution < -0.4 is 0 Å². The van der Waals surface area contributed by atoms with E-state index in [1.165, 1.54) is 0 Å². The van der Waals surface area contributed by atoms with E-state index < -0.39 is 5.97 Å². The zero-order chi connectivity index (χ0) is 9.14. The highest BCUT2D eigenvalue weighted by Gasteiger charge is 2.05. The minimum Gasteiger partial charge on any atom is -0.478 e. The summed E-state index contributed by atoms with van der Waals surface area (Å²) in [6.45, 7) is 1.95. The lowest BCUT2D eigenvalue weighted by Crippen LogP contribution is -2.00. The Bertz CT molecular complexity index is 312. The molecule has 1 heterocycles. The molecule has 0 atom stereocenters. The number of aromatic nitrogens is 1. The summed E-state index contributed by atoms with van der Waals surface area (Å²) in [5, 5.41) is 8.70. The third-order valence-corrected chi connectivity index (χ3v) is 2.01. The molecule has 1 aromatic rings. The first kappa shape index (κ1) is 9.44. The molecule has 0 aliphatic carbocycles. The lowest BCUT2D eigenvalue weighted by Gasteiger charge is -1.99. The molecule has 0 saturated carbocycles. The van der Waals surface area contributed by atoms with Crippen molar-refractivity contribution in [2.24, 2.45) is 0 Å². The number of rotatable bonds is 2. The Labute approximate surface area is 84.0 Å². The predicted molar refractivity (Wildman–Crippen MR) is 53.3 cm³/mol. The number of hydrogen-bond acceptors (Lipinski definition) is 2. The lowest BCUT2D eigenvalue weighted by atomic mass is 10.2. The van der Waals surface area contributed by atoms with Crippen molar-refractivity contribution in [3.63, 3.8) is 0 Å². The van der Waals surface area contributed by atoms with Gasteiger partial charge in [-0.3, -0.25) is 0 Å². The van der Waals surface area contributed by atoms with Gasteiger partial charge >= 0.3 is 5.97 Å². The van der Waals surface area contributed by atoms with Gasteiger partial charge in [0.15, 0.2) is 0 Å². The molecule has 1 rings (SSSR count). The quantitative estimate of drug-likeness (QED) is 0.664. The molecule has 0 aliphatic heterocycles. The average Bonchev–Trinajstić information content (AvgIpc) is 2.03. The number of aromatic carboxylic acids is 1. The Balaban J connectivity index is 3.15. The number of halogens is 1. The first-order valence-corrected chi connectivity index (χ1v) is 4.61. The van der Waals surface area contributed by atoms with Gasteiger partial charge < -0.3 is 5.11 Å². The summed E-state index contributed by atoms with van der Waals surface area (Å²) in [6, 6.07) is 3.16. The largest absolute Gasteiger partial charge is 0.478 e. The van der Waals surface area contributed by atoms with Gasteiger partial charge in [0.2, 0.25) is 0 Å². The van der Waals surface area contributed by atoms with Crippen molar-refractivity contribution in [3.05, 3.63) is 27.1 Å². The van der Waals surface area contributed by atoms with Gasteiger partial charge in [-0.15, -0.1) is 0 Å². The van der Waals surface area contributed by atoms with Crippen LogP contribution in [-0.4, -0.2) is 16.1 Å². The van der Waals surface area contributed by atoms with E-state index in [9.17, 15) is 4.79 Å². The van der Waals surface area contributed by atoms with E-state index in [1.54, 1.807) is 12.1 Å². The Hall–Kier alpha value is -0.650. The molecule has 3 nitrogen and oxygen atoms in total. The highest BCUT2D eigenvalue weighted by atomic mass is 127. The van der Waals surface area contributed by atoms with E-state index in [0.29, 0.717) is 5.56 Å². The molecule has 64 valence electrons. The second-order valence-electron chi connectivity index (χ2n) is 2.33. The molecule has 1 N–H and O–H groups in total. The van der Waals surface area contributed by atoms with Gasteiger partial charge in [0.05, 0.1) is 5.56 Å². The maximum Gasteiger partial charge on any atom is 0.335 e. The smallest absolute Gasteiger partial charge is 0.335 e. The van der Waals surface area contributed by atoms with Crippen LogP contribution in [0.25, 0.3) is 0 Å². The van der Waals surface area contributed by atoms with Crippen molar-refractivity contribution in [3.8, 4) is 0 Å². The summed E-state index contributed by atoms with van der Waals surface area (Å²) >= 11 is 2.01. The topological polar surface area (TPSA) is 50.2 Å². The number of aryl methyl sites for hydroxylation is 1. The van der Waals surface area contributed by atoms with Gasteiger partial charge in [0.25, 0.3) is 0 Å². The zero-order valence-corrected chi connectivity index (χ0v) is 8.70. The molecule has 0 spiro atoms. The summed E-state index contributed by atoms with van der Waals surface area (Å²) < 4.78 is 0.726. The van der Waals surface area contributed by atoms with E-state index in [2.05, 4.69) is 4.98 Å². The first-order chi connectivity index (χ1) is 5.63. The Morgan fingerprint density at radius 3 is 2.83 bits per heavy atom. The fourth-order valence-corrected chi connectivity index (χ4v) is 1.50. The van der Waals surface area contributed by atoms with Crippen LogP contribution in [0.5, 0.6) is 0 Å². The molecule has 0 unspecified atom stereocenters. The second kappa shape index (κ2) is 3.84. The fraction of sp³-hybridized carbons (Fsp3) is 0.250. The molecule has 0 aliphatic rings. The molecule has 12 heavy (non-hydrogen) atoms. The van der Waals surface area contributed by atoms with Crippen LogP contribution in [0.15, 0.2) is 12.1 Å². The Morgan fingerprint density at radius 2 is 2.33 bits per heavy atom. The van der Waals surface area contributed by atoms with Crippen molar-refractivity contribution in [2.75, 3.05) is 0 Å². The Morgan fingerprint density at radius 1 is 1.67 bits per heavy atom. The number of pyridine rings is 1. The summed E-state index contributed by atoms with van der Waals surface area (Å²) in [5.74, 6) is -0.898. The van der Waals surface area contributed by atoms with E-state index in [0.717, 1.165) is 15.8 Å². The maximum atomic E-state index is 10.6. The van der Waals surface area contributed by atoms with Crippen molar-refractivity contribution < 1.29 is 9.90 Å². The van der Waals surface area contributed by atoms with E-state index in [4.69, 9.17) is 5.11 Å². The molecule has 0 aromatic carbocycles.